The first kappa shape index (κ1) is 26.4. The fourth-order valence-electron chi connectivity index (χ4n) is 5.48. The lowest BCUT2D eigenvalue weighted by Gasteiger charge is -2.34. The molecule has 1 saturated heterocycles. The molecule has 4 rings (SSSR count). The number of hydrogen-bond acceptors (Lipinski definition) is 5. The van der Waals surface area contributed by atoms with Gasteiger partial charge in [0.1, 0.15) is 17.6 Å². The van der Waals surface area contributed by atoms with Crippen LogP contribution in [0.4, 0.5) is 0 Å². The average Bonchev–Trinajstić information content (AvgIpc) is 3.28. The van der Waals surface area contributed by atoms with Crippen LogP contribution in [0.15, 0.2) is 55.0 Å². The molecule has 2 atom stereocenters. The molecule has 1 fully saturated rings. The number of unbranched alkanes of at least 4 members (excludes halogenated alkanes) is 1. The molecule has 3 aromatic rings. The fraction of sp³-hybridized carbons (Fsp3) is 0.433. The average molecular weight is 500 g/mol. The molecular formula is C30H37N5O2. The minimum absolute atomic E-state index is 0.186. The van der Waals surface area contributed by atoms with Crippen molar-refractivity contribution < 1.29 is 9.53 Å². The number of benzene rings is 2. The van der Waals surface area contributed by atoms with E-state index >= 15 is 0 Å². The number of aromatic nitrogens is 2. The number of carbonyl (C=O) groups excluding carboxylic acids is 1. The standard InChI is InChI=1S/C30H37N5O2/c1-5-6-14-30(15-7-8-16-34(3)28(30)36)24-10-9-11-25(17-24)37-26-18-23(13-12-22(26)19-31)29(2,32)27-20-33-21-35(27)4/h9-13,17-18,20-21H,5-8,14-16,32H2,1-4H3. The molecule has 1 aliphatic heterocycles. The van der Waals surface area contributed by atoms with Crippen molar-refractivity contribution >= 4 is 5.91 Å². The van der Waals surface area contributed by atoms with Crippen LogP contribution in [0, 0.1) is 11.3 Å². The van der Waals surface area contributed by atoms with Crippen molar-refractivity contribution in [2.24, 2.45) is 12.8 Å². The van der Waals surface area contributed by atoms with Crippen molar-refractivity contribution in [1.82, 2.24) is 14.5 Å². The van der Waals surface area contributed by atoms with Gasteiger partial charge < -0.3 is 19.9 Å². The molecule has 37 heavy (non-hydrogen) atoms. The molecule has 0 spiro atoms. The third kappa shape index (κ3) is 5.12. The highest BCUT2D eigenvalue weighted by Gasteiger charge is 2.42. The molecule has 0 aliphatic carbocycles. The van der Waals surface area contributed by atoms with Crippen LogP contribution in [-0.2, 0) is 22.8 Å². The number of imidazole rings is 1. The first-order valence-electron chi connectivity index (χ1n) is 13.1. The van der Waals surface area contributed by atoms with E-state index in [2.05, 4.69) is 18.0 Å². The van der Waals surface area contributed by atoms with Crippen LogP contribution in [0.2, 0.25) is 0 Å². The van der Waals surface area contributed by atoms with Crippen LogP contribution in [-0.4, -0.2) is 34.0 Å². The number of ether oxygens (including phenoxy) is 1. The van der Waals surface area contributed by atoms with Gasteiger partial charge in [0.2, 0.25) is 5.91 Å². The van der Waals surface area contributed by atoms with Crippen molar-refractivity contribution in [1.29, 1.82) is 5.26 Å². The molecule has 2 N–H and O–H groups in total. The van der Waals surface area contributed by atoms with E-state index in [4.69, 9.17) is 10.5 Å². The van der Waals surface area contributed by atoms with Gasteiger partial charge in [-0.15, -0.1) is 0 Å². The van der Waals surface area contributed by atoms with Crippen LogP contribution >= 0.6 is 0 Å². The maximum atomic E-state index is 13.7. The monoisotopic (exact) mass is 499 g/mol. The maximum Gasteiger partial charge on any atom is 0.232 e. The summed E-state index contributed by atoms with van der Waals surface area (Å²) in [6.45, 7) is 4.86. The second kappa shape index (κ2) is 10.8. The number of amides is 1. The lowest BCUT2D eigenvalue weighted by atomic mass is 9.72. The van der Waals surface area contributed by atoms with E-state index in [0.717, 1.165) is 61.9 Å². The lowest BCUT2D eigenvalue weighted by molar-refractivity contribution is -0.136. The Hall–Kier alpha value is -3.63. The Morgan fingerprint density at radius 3 is 2.73 bits per heavy atom. The normalized spacial score (nSPS) is 19.7. The first-order valence-corrected chi connectivity index (χ1v) is 13.1. The van der Waals surface area contributed by atoms with Crippen molar-refractivity contribution in [2.75, 3.05) is 13.6 Å². The van der Waals surface area contributed by atoms with E-state index in [0.29, 0.717) is 17.1 Å². The highest BCUT2D eigenvalue weighted by molar-refractivity contribution is 5.88. The summed E-state index contributed by atoms with van der Waals surface area (Å²) in [7, 11) is 3.81. The molecule has 0 saturated carbocycles. The SMILES string of the molecule is CCCCC1(c2cccc(Oc3cc(C(C)(N)c4cncn4C)ccc3C#N)c2)CCCCN(C)C1=O. The molecule has 2 unspecified atom stereocenters. The molecule has 1 aliphatic rings. The zero-order chi connectivity index (χ0) is 26.6. The zero-order valence-electron chi connectivity index (χ0n) is 22.3. The summed E-state index contributed by atoms with van der Waals surface area (Å²) in [4.78, 5) is 19.7. The molecule has 2 aromatic carbocycles. The van der Waals surface area contributed by atoms with Crippen molar-refractivity contribution in [3.63, 3.8) is 0 Å². The smallest absolute Gasteiger partial charge is 0.232 e. The van der Waals surface area contributed by atoms with E-state index < -0.39 is 11.0 Å². The Kier molecular flexibility index (Phi) is 7.70. The molecule has 194 valence electrons. The highest BCUT2D eigenvalue weighted by atomic mass is 16.5. The Bertz CT molecular complexity index is 1310. The van der Waals surface area contributed by atoms with Gasteiger partial charge in [0, 0.05) is 20.6 Å². The van der Waals surface area contributed by atoms with Gasteiger partial charge in [-0.05, 0) is 61.6 Å². The number of rotatable bonds is 8. The van der Waals surface area contributed by atoms with E-state index in [1.165, 1.54) is 0 Å². The summed E-state index contributed by atoms with van der Waals surface area (Å²) in [6.07, 6.45) is 9.14. The number of likely N-dealkylation sites (N-methyl/N-ethyl adjacent to an activating group) is 1. The molecule has 2 heterocycles. The minimum Gasteiger partial charge on any atom is -0.456 e. The summed E-state index contributed by atoms with van der Waals surface area (Å²) < 4.78 is 8.22. The van der Waals surface area contributed by atoms with Crippen molar-refractivity contribution in [3.05, 3.63) is 77.4 Å². The number of aryl methyl sites for hydroxylation is 1. The quantitative estimate of drug-likeness (QED) is 0.449. The predicted octanol–water partition coefficient (Wildman–Crippen LogP) is 5.38. The van der Waals surface area contributed by atoms with E-state index in [1.807, 2.05) is 66.9 Å². The molecule has 7 nitrogen and oxygen atoms in total. The zero-order valence-corrected chi connectivity index (χ0v) is 22.3. The summed E-state index contributed by atoms with van der Waals surface area (Å²) in [5.41, 5.74) is 8.40. The largest absolute Gasteiger partial charge is 0.456 e. The van der Waals surface area contributed by atoms with Gasteiger partial charge in [-0.3, -0.25) is 4.79 Å². The molecule has 1 amide bonds. The summed E-state index contributed by atoms with van der Waals surface area (Å²) in [5.74, 6) is 1.22. The molecule has 1 aromatic heterocycles. The lowest BCUT2D eigenvalue weighted by Crippen LogP contribution is -2.44. The van der Waals surface area contributed by atoms with Crippen LogP contribution in [0.1, 0.15) is 74.8 Å². The Morgan fingerprint density at radius 1 is 1.22 bits per heavy atom. The topological polar surface area (TPSA) is 97.2 Å². The minimum atomic E-state index is -0.833. The van der Waals surface area contributed by atoms with Crippen LogP contribution in [0.25, 0.3) is 0 Å². The first-order chi connectivity index (χ1) is 17.7. The number of carbonyl (C=O) groups is 1. The number of nitriles is 1. The van der Waals surface area contributed by atoms with Gasteiger partial charge in [-0.25, -0.2) is 4.98 Å². The van der Waals surface area contributed by atoms with Crippen molar-refractivity contribution in [3.8, 4) is 17.6 Å². The van der Waals surface area contributed by atoms with Gasteiger partial charge in [0.15, 0.2) is 0 Å². The van der Waals surface area contributed by atoms with Gasteiger partial charge in [0.25, 0.3) is 0 Å². The Morgan fingerprint density at radius 2 is 2.03 bits per heavy atom. The van der Waals surface area contributed by atoms with Gasteiger partial charge in [-0.1, -0.05) is 44.4 Å². The van der Waals surface area contributed by atoms with E-state index in [-0.39, 0.29) is 5.91 Å². The van der Waals surface area contributed by atoms with Crippen LogP contribution in [0.3, 0.4) is 0 Å². The van der Waals surface area contributed by atoms with Crippen molar-refractivity contribution in [2.45, 2.75) is 63.3 Å². The third-order valence-corrected chi connectivity index (χ3v) is 7.73. The predicted molar refractivity (Wildman–Crippen MR) is 144 cm³/mol. The van der Waals surface area contributed by atoms with Crippen LogP contribution in [0.5, 0.6) is 11.5 Å². The molecule has 7 heteroatoms. The van der Waals surface area contributed by atoms with Gasteiger partial charge in [-0.2, -0.15) is 5.26 Å². The van der Waals surface area contributed by atoms with Gasteiger partial charge in [0.05, 0.1) is 34.7 Å². The Balaban J connectivity index is 1.72. The summed E-state index contributed by atoms with van der Waals surface area (Å²) >= 11 is 0. The second-order valence-electron chi connectivity index (χ2n) is 10.4. The molecule has 0 radical (unpaired) electrons. The third-order valence-electron chi connectivity index (χ3n) is 7.73. The number of likely N-dealkylation sites (tertiary alicyclic amines) is 1. The highest BCUT2D eigenvalue weighted by Crippen LogP contribution is 2.41. The Labute approximate surface area is 219 Å². The number of hydrogen-bond donors (Lipinski definition) is 1. The number of nitrogens with two attached hydrogens (primary N) is 1. The number of nitrogens with zero attached hydrogens (tertiary/aromatic N) is 4. The summed E-state index contributed by atoms with van der Waals surface area (Å²) in [5, 5.41) is 9.78. The van der Waals surface area contributed by atoms with Gasteiger partial charge >= 0.3 is 0 Å². The summed E-state index contributed by atoms with van der Waals surface area (Å²) in [6, 6.07) is 15.5. The fourth-order valence-corrected chi connectivity index (χ4v) is 5.48. The second-order valence-corrected chi connectivity index (χ2v) is 10.4. The maximum absolute atomic E-state index is 13.7. The molecular weight excluding hydrogens is 462 g/mol. The van der Waals surface area contributed by atoms with E-state index in [9.17, 15) is 10.1 Å². The van der Waals surface area contributed by atoms with Crippen LogP contribution < -0.4 is 10.5 Å². The van der Waals surface area contributed by atoms with E-state index in [1.54, 1.807) is 18.6 Å². The molecule has 0 bridgehead atoms.